The first-order valence-corrected chi connectivity index (χ1v) is 4.98. The maximum atomic E-state index is 10.6. The fourth-order valence-corrected chi connectivity index (χ4v) is 0.804. The topological polar surface area (TPSA) is 104 Å². The van der Waals surface area contributed by atoms with Crippen LogP contribution in [0.15, 0.2) is 12.2 Å². The van der Waals surface area contributed by atoms with Crippen molar-refractivity contribution in [1.29, 1.82) is 0 Å². The van der Waals surface area contributed by atoms with E-state index < -0.39 is 19.9 Å². The number of aliphatic hydroxyl groups is 1. The van der Waals surface area contributed by atoms with Gasteiger partial charge in [0.25, 0.3) is 0 Å². The summed E-state index contributed by atoms with van der Waals surface area (Å²) in [6, 6.07) is 0. The molecule has 0 rings (SSSR count). The van der Waals surface area contributed by atoms with Crippen molar-refractivity contribution >= 4 is 13.8 Å². The van der Waals surface area contributed by atoms with E-state index in [4.69, 9.17) is 14.9 Å². The van der Waals surface area contributed by atoms with Crippen molar-refractivity contribution in [1.82, 2.24) is 0 Å². The highest BCUT2D eigenvalue weighted by Crippen LogP contribution is 2.35. The molecule has 6 nitrogen and oxygen atoms in total. The molecule has 0 aliphatic rings. The largest absolute Gasteiger partial charge is 0.527 e. The van der Waals surface area contributed by atoms with Crippen LogP contribution >= 0.6 is 7.82 Å². The molecule has 7 heteroatoms. The van der Waals surface area contributed by atoms with Crippen LogP contribution < -0.4 is 0 Å². The Morgan fingerprint density at radius 3 is 2.54 bits per heavy atom. The first-order chi connectivity index (χ1) is 5.81. The first-order valence-electron chi connectivity index (χ1n) is 3.45. The summed E-state index contributed by atoms with van der Waals surface area (Å²) in [5.74, 6) is -1.13. The van der Waals surface area contributed by atoms with Gasteiger partial charge in [0.2, 0.25) is 0 Å². The van der Waals surface area contributed by atoms with Crippen LogP contribution in [-0.2, 0) is 13.9 Å². The number of aliphatic hydroxyl groups excluding tert-OH is 1. The zero-order valence-electron chi connectivity index (χ0n) is 6.95. The number of hydrogen-bond donors (Lipinski definition) is 3. The third-order valence-electron chi connectivity index (χ3n) is 0.940. The highest BCUT2D eigenvalue weighted by molar-refractivity contribution is 7.46. The minimum absolute atomic E-state index is 0.219. The molecule has 0 aliphatic heterocycles. The first kappa shape index (κ1) is 12.3. The summed E-state index contributed by atoms with van der Waals surface area (Å²) >= 11 is 0. The van der Waals surface area contributed by atoms with Gasteiger partial charge in [-0.15, -0.1) is 0 Å². The molecule has 0 aromatic heterocycles. The van der Waals surface area contributed by atoms with Crippen molar-refractivity contribution in [2.75, 3.05) is 0 Å². The smallest absolute Gasteiger partial charge is 0.393 e. The minimum atomic E-state index is -4.75. The molecule has 0 aromatic rings. The van der Waals surface area contributed by atoms with Gasteiger partial charge in [0.15, 0.2) is 0 Å². The summed E-state index contributed by atoms with van der Waals surface area (Å²) in [6.45, 7) is 1.51. The van der Waals surface area contributed by atoms with Gasteiger partial charge in [0.05, 0.1) is 6.10 Å². The molecule has 1 unspecified atom stereocenters. The Morgan fingerprint density at radius 2 is 2.15 bits per heavy atom. The van der Waals surface area contributed by atoms with E-state index in [2.05, 4.69) is 4.52 Å². The molecule has 0 heterocycles. The van der Waals surface area contributed by atoms with Crippen molar-refractivity contribution in [3.63, 3.8) is 0 Å². The van der Waals surface area contributed by atoms with Crippen LogP contribution in [-0.4, -0.2) is 27.0 Å². The Morgan fingerprint density at radius 1 is 1.62 bits per heavy atom. The van der Waals surface area contributed by atoms with E-state index in [1.54, 1.807) is 0 Å². The number of hydrogen-bond acceptors (Lipinski definition) is 4. The van der Waals surface area contributed by atoms with Gasteiger partial charge in [0, 0.05) is 6.08 Å². The molecular formula is C6H11O6P. The van der Waals surface area contributed by atoms with Gasteiger partial charge in [0.1, 0.15) is 0 Å². The zero-order chi connectivity index (χ0) is 10.5. The zero-order valence-corrected chi connectivity index (χ0v) is 7.85. The van der Waals surface area contributed by atoms with Gasteiger partial charge in [-0.3, -0.25) is 9.79 Å². The number of rotatable bonds is 4. The van der Waals surface area contributed by atoms with Gasteiger partial charge in [-0.2, -0.15) is 0 Å². The van der Waals surface area contributed by atoms with Crippen LogP contribution in [0.4, 0.5) is 0 Å². The molecule has 0 saturated carbocycles. The van der Waals surface area contributed by atoms with Crippen molar-refractivity contribution in [3.05, 3.63) is 12.2 Å². The van der Waals surface area contributed by atoms with E-state index in [9.17, 15) is 9.36 Å². The minimum Gasteiger partial charge on any atom is -0.393 e. The second-order valence-electron chi connectivity index (χ2n) is 2.39. The summed E-state index contributed by atoms with van der Waals surface area (Å²) in [7, 11) is -4.75. The second kappa shape index (κ2) is 5.14. The summed E-state index contributed by atoms with van der Waals surface area (Å²) in [5, 5.41) is 8.74. The van der Waals surface area contributed by atoms with Crippen LogP contribution in [0.25, 0.3) is 0 Å². The van der Waals surface area contributed by atoms with Crippen molar-refractivity contribution < 1.29 is 28.8 Å². The molecule has 76 valence electrons. The van der Waals surface area contributed by atoms with Crippen LogP contribution in [0.2, 0.25) is 0 Å². The van der Waals surface area contributed by atoms with Crippen LogP contribution in [0.1, 0.15) is 13.3 Å². The molecule has 0 spiro atoms. The standard InChI is InChI=1S/C6H11O6P/c1-5(7)3-2-4-6(8)12-13(9,10)11/h2,4-5,7H,3H2,1H3,(H2,9,10,11). The lowest BCUT2D eigenvalue weighted by Gasteiger charge is -2.01. The van der Waals surface area contributed by atoms with Crippen molar-refractivity contribution in [3.8, 4) is 0 Å². The molecule has 0 fully saturated rings. The second-order valence-corrected chi connectivity index (χ2v) is 3.55. The number of phosphoric acid groups is 1. The van der Waals surface area contributed by atoms with Gasteiger partial charge < -0.3 is 9.63 Å². The molecule has 0 saturated heterocycles. The van der Waals surface area contributed by atoms with E-state index in [1.165, 1.54) is 13.0 Å². The fraction of sp³-hybridized carbons (Fsp3) is 0.500. The number of carbonyl (C=O) groups excluding carboxylic acids is 1. The Kier molecular flexibility index (Phi) is 4.87. The molecule has 0 radical (unpaired) electrons. The van der Waals surface area contributed by atoms with Crippen LogP contribution in [0, 0.1) is 0 Å². The van der Waals surface area contributed by atoms with Gasteiger partial charge in [-0.1, -0.05) is 6.08 Å². The average Bonchev–Trinajstić information content (AvgIpc) is 1.81. The Labute approximate surface area is 75.1 Å². The molecule has 13 heavy (non-hydrogen) atoms. The Balaban J connectivity index is 3.88. The predicted octanol–water partition coefficient (Wildman–Crippen LogP) is -0.0506. The van der Waals surface area contributed by atoms with Gasteiger partial charge in [-0.05, 0) is 13.3 Å². The normalized spacial score (nSPS) is 14.5. The predicted molar refractivity (Wildman–Crippen MR) is 43.6 cm³/mol. The lowest BCUT2D eigenvalue weighted by molar-refractivity contribution is -0.130. The molecular weight excluding hydrogens is 199 g/mol. The molecule has 0 bridgehead atoms. The van der Waals surface area contributed by atoms with Crippen molar-refractivity contribution in [2.45, 2.75) is 19.4 Å². The summed E-state index contributed by atoms with van der Waals surface area (Å²) < 4.78 is 13.8. The van der Waals surface area contributed by atoms with Crippen LogP contribution in [0.5, 0.6) is 0 Å². The third-order valence-corrected chi connectivity index (χ3v) is 1.36. The number of carbonyl (C=O) groups is 1. The highest BCUT2D eigenvalue weighted by Gasteiger charge is 2.17. The van der Waals surface area contributed by atoms with E-state index in [1.807, 2.05) is 0 Å². The van der Waals surface area contributed by atoms with Gasteiger partial charge >= 0.3 is 13.8 Å². The fourth-order valence-electron chi connectivity index (χ4n) is 0.509. The lowest BCUT2D eigenvalue weighted by Crippen LogP contribution is -2.00. The van der Waals surface area contributed by atoms with Gasteiger partial charge in [-0.25, -0.2) is 9.36 Å². The maximum absolute atomic E-state index is 10.6. The molecule has 1 atom stereocenters. The highest BCUT2D eigenvalue weighted by atomic mass is 31.2. The van der Waals surface area contributed by atoms with Crippen LogP contribution in [0.3, 0.4) is 0 Å². The molecule has 0 amide bonds. The van der Waals surface area contributed by atoms with E-state index in [-0.39, 0.29) is 6.42 Å². The molecule has 0 aliphatic carbocycles. The average molecular weight is 210 g/mol. The third kappa shape index (κ3) is 9.23. The summed E-state index contributed by atoms with van der Waals surface area (Å²) in [4.78, 5) is 26.9. The van der Waals surface area contributed by atoms with E-state index in [0.717, 1.165) is 6.08 Å². The molecule has 0 aromatic carbocycles. The SMILES string of the molecule is CC(O)CC=CC(=O)OP(=O)(O)O. The quantitative estimate of drug-likeness (QED) is 0.444. The lowest BCUT2D eigenvalue weighted by atomic mass is 10.3. The molecule has 3 N–H and O–H groups in total. The van der Waals surface area contributed by atoms with E-state index >= 15 is 0 Å². The van der Waals surface area contributed by atoms with Crippen molar-refractivity contribution in [2.24, 2.45) is 0 Å². The van der Waals surface area contributed by atoms with E-state index in [0.29, 0.717) is 0 Å². The maximum Gasteiger partial charge on any atom is 0.527 e. The number of phosphoric ester groups is 1. The summed E-state index contributed by atoms with van der Waals surface area (Å²) in [5.41, 5.74) is 0. The monoisotopic (exact) mass is 210 g/mol. The summed E-state index contributed by atoms with van der Waals surface area (Å²) in [6.07, 6.45) is 1.73. The Bertz CT molecular complexity index is 240. The Hall–Kier alpha value is -0.680.